The van der Waals surface area contributed by atoms with Gasteiger partial charge in [-0.3, -0.25) is 0 Å². The maximum atomic E-state index is 5.84. The van der Waals surface area contributed by atoms with E-state index >= 15 is 0 Å². The summed E-state index contributed by atoms with van der Waals surface area (Å²) in [5.74, 6) is 0. The molecule has 6 atom stereocenters. The summed E-state index contributed by atoms with van der Waals surface area (Å²) in [6.45, 7) is 3.92. The third-order valence-corrected chi connectivity index (χ3v) is 3.65. The van der Waals surface area contributed by atoms with Crippen molar-refractivity contribution in [1.29, 1.82) is 0 Å². The molecule has 15 heavy (non-hydrogen) atoms. The Morgan fingerprint density at radius 2 is 2.07 bits per heavy atom. The molecule has 0 aliphatic carbocycles. The fourth-order valence-electron chi connectivity index (χ4n) is 2.78. The lowest BCUT2D eigenvalue weighted by Gasteiger charge is -2.39. The zero-order valence-corrected chi connectivity index (χ0v) is 9.60. The maximum absolute atomic E-state index is 5.84. The van der Waals surface area contributed by atoms with Crippen LogP contribution in [-0.2, 0) is 18.9 Å². The molecule has 2 bridgehead atoms. The van der Waals surface area contributed by atoms with E-state index in [1.165, 1.54) is 0 Å². The monoisotopic (exact) mass is 212 g/mol. The van der Waals surface area contributed by atoms with Gasteiger partial charge in [0.2, 0.25) is 0 Å². The highest BCUT2D eigenvalue weighted by molar-refractivity contribution is 6.11. The van der Waals surface area contributed by atoms with Gasteiger partial charge in [-0.2, -0.15) is 0 Å². The van der Waals surface area contributed by atoms with Gasteiger partial charge in [0.05, 0.1) is 12.2 Å². The fraction of sp³-hybridized carbons (Fsp3) is 1.00. The normalized spacial score (nSPS) is 50.9. The maximum Gasteiger partial charge on any atom is 0.148 e. The second kappa shape index (κ2) is 3.73. The van der Waals surface area contributed by atoms with Crippen LogP contribution < -0.4 is 0 Å². The Balaban J connectivity index is 2.33. The third kappa shape index (κ3) is 1.30. The molecular formula is C10H17BO4. The van der Waals surface area contributed by atoms with Crippen LogP contribution >= 0.6 is 0 Å². The van der Waals surface area contributed by atoms with E-state index in [0.29, 0.717) is 0 Å². The Bertz CT molecular complexity index is 250. The minimum Gasteiger partial charge on any atom is -0.379 e. The zero-order chi connectivity index (χ0) is 11.2. The van der Waals surface area contributed by atoms with Crippen LogP contribution in [0.4, 0.5) is 0 Å². The molecule has 84 valence electrons. The van der Waals surface area contributed by atoms with E-state index in [4.69, 9.17) is 26.8 Å². The molecular weight excluding hydrogens is 195 g/mol. The van der Waals surface area contributed by atoms with Crippen LogP contribution in [-0.4, -0.2) is 58.1 Å². The summed E-state index contributed by atoms with van der Waals surface area (Å²) < 4.78 is 22.4. The van der Waals surface area contributed by atoms with Crippen LogP contribution in [0, 0.1) is 0 Å². The lowest BCUT2D eigenvalue weighted by molar-refractivity contribution is -0.203. The number of hydrogen-bond acceptors (Lipinski definition) is 4. The Morgan fingerprint density at radius 1 is 1.40 bits per heavy atom. The van der Waals surface area contributed by atoms with E-state index in [0.717, 1.165) is 0 Å². The van der Waals surface area contributed by atoms with E-state index < -0.39 is 11.6 Å². The predicted octanol–water partition coefficient (Wildman–Crippen LogP) is 0.0872. The van der Waals surface area contributed by atoms with Gasteiger partial charge in [0, 0.05) is 20.2 Å². The molecule has 2 radical (unpaired) electrons. The molecule has 4 nitrogen and oxygen atoms in total. The van der Waals surface area contributed by atoms with Gasteiger partial charge < -0.3 is 18.9 Å². The van der Waals surface area contributed by atoms with Gasteiger partial charge in [-0.05, 0) is 13.8 Å². The number of hydrogen-bond donors (Lipinski definition) is 0. The molecule has 5 heteroatoms. The van der Waals surface area contributed by atoms with Gasteiger partial charge in [-0.1, -0.05) is 0 Å². The van der Waals surface area contributed by atoms with Crippen molar-refractivity contribution >= 4 is 7.85 Å². The average molecular weight is 212 g/mol. The van der Waals surface area contributed by atoms with Crippen molar-refractivity contribution in [3.8, 4) is 0 Å². The molecule has 0 N–H and O–H groups in total. The van der Waals surface area contributed by atoms with Crippen molar-refractivity contribution in [3.05, 3.63) is 0 Å². The number of ether oxygens (including phenoxy) is 4. The third-order valence-electron chi connectivity index (χ3n) is 3.65. The Morgan fingerprint density at radius 3 is 2.60 bits per heavy atom. The summed E-state index contributed by atoms with van der Waals surface area (Å²) in [6, 6.07) is -0.427. The van der Waals surface area contributed by atoms with Gasteiger partial charge in [0.15, 0.2) is 0 Å². The summed E-state index contributed by atoms with van der Waals surface area (Å²) in [5, 5.41) is 0. The quantitative estimate of drug-likeness (QED) is 0.621. The molecule has 0 aromatic rings. The summed E-state index contributed by atoms with van der Waals surface area (Å²) in [5.41, 5.74) is -0.576. The van der Waals surface area contributed by atoms with Crippen molar-refractivity contribution in [1.82, 2.24) is 0 Å². The molecule has 0 aromatic carbocycles. The summed E-state index contributed by atoms with van der Waals surface area (Å²) in [4.78, 5) is 0. The first-order valence-electron chi connectivity index (χ1n) is 5.22. The molecule has 2 saturated heterocycles. The van der Waals surface area contributed by atoms with Crippen molar-refractivity contribution < 1.29 is 18.9 Å². The highest BCUT2D eigenvalue weighted by atomic mass is 16.7. The molecule has 3 unspecified atom stereocenters. The summed E-state index contributed by atoms with van der Waals surface area (Å²) in [6.07, 6.45) is -0.529. The minimum atomic E-state index is -0.576. The van der Waals surface area contributed by atoms with Crippen LogP contribution in [0.2, 0.25) is 0 Å². The van der Waals surface area contributed by atoms with Crippen molar-refractivity contribution in [2.45, 2.75) is 49.9 Å². The molecule has 0 aromatic heterocycles. The van der Waals surface area contributed by atoms with Crippen LogP contribution in [0.15, 0.2) is 0 Å². The van der Waals surface area contributed by atoms with Gasteiger partial charge in [-0.15, -0.1) is 0 Å². The smallest absolute Gasteiger partial charge is 0.148 e. The first-order valence-corrected chi connectivity index (χ1v) is 5.22. The second-order valence-electron chi connectivity index (χ2n) is 4.21. The van der Waals surface area contributed by atoms with Gasteiger partial charge >= 0.3 is 0 Å². The van der Waals surface area contributed by atoms with Crippen LogP contribution in [0.1, 0.15) is 13.8 Å². The first kappa shape index (κ1) is 11.4. The molecule has 0 spiro atoms. The summed E-state index contributed by atoms with van der Waals surface area (Å²) >= 11 is 0. The minimum absolute atomic E-state index is 0.0674. The standard InChI is InChI=1S/C10H17BO4/c1-5(12-3)10-6(2)14-7(8(10)13-4)9(11)15-10/h5-9H,1-4H3/t5?,6?,7-,8?,9+,10-/m0/s1. The lowest BCUT2D eigenvalue weighted by atomic mass is 9.86. The van der Waals surface area contributed by atoms with Crippen LogP contribution in [0.25, 0.3) is 0 Å². The molecule has 2 aliphatic rings. The number of methoxy groups -OCH3 is 2. The van der Waals surface area contributed by atoms with Crippen molar-refractivity contribution in [2.24, 2.45) is 0 Å². The van der Waals surface area contributed by atoms with Crippen LogP contribution in [0.5, 0.6) is 0 Å². The van der Waals surface area contributed by atoms with Crippen LogP contribution in [0.3, 0.4) is 0 Å². The van der Waals surface area contributed by atoms with Gasteiger partial charge in [-0.25, -0.2) is 0 Å². The fourth-order valence-corrected chi connectivity index (χ4v) is 2.78. The van der Waals surface area contributed by atoms with E-state index in [1.807, 2.05) is 13.8 Å². The lowest BCUT2D eigenvalue weighted by Crippen LogP contribution is -2.55. The second-order valence-corrected chi connectivity index (χ2v) is 4.21. The molecule has 2 rings (SSSR count). The Labute approximate surface area is 91.6 Å². The molecule has 2 fully saturated rings. The Hall–Kier alpha value is -0.0951. The van der Waals surface area contributed by atoms with E-state index in [9.17, 15) is 0 Å². The topological polar surface area (TPSA) is 36.9 Å². The van der Waals surface area contributed by atoms with Gasteiger partial charge in [0.25, 0.3) is 0 Å². The highest BCUT2D eigenvalue weighted by Crippen LogP contribution is 2.47. The summed E-state index contributed by atoms with van der Waals surface area (Å²) in [7, 11) is 9.15. The predicted molar refractivity (Wildman–Crippen MR) is 55.0 cm³/mol. The highest BCUT2D eigenvalue weighted by Gasteiger charge is 2.66. The largest absolute Gasteiger partial charge is 0.379 e. The molecule has 2 heterocycles. The number of rotatable bonds is 3. The van der Waals surface area contributed by atoms with Gasteiger partial charge in [0.1, 0.15) is 25.7 Å². The van der Waals surface area contributed by atoms with Crippen molar-refractivity contribution in [3.63, 3.8) is 0 Å². The zero-order valence-electron chi connectivity index (χ0n) is 9.60. The van der Waals surface area contributed by atoms with E-state index in [1.54, 1.807) is 14.2 Å². The van der Waals surface area contributed by atoms with E-state index in [-0.39, 0.29) is 24.4 Å². The SMILES string of the molecule is [B][C@@H]1O[C@@]2(C(C)OC)C(C)O[C@H]1C2OC. The van der Waals surface area contributed by atoms with E-state index in [2.05, 4.69) is 0 Å². The molecule has 0 saturated carbocycles. The van der Waals surface area contributed by atoms with Crippen molar-refractivity contribution in [2.75, 3.05) is 14.2 Å². The average Bonchev–Trinajstić information content (AvgIpc) is 2.66. The Kier molecular flexibility index (Phi) is 2.84. The molecule has 0 amide bonds. The number of fused-ring (bicyclic) bond motifs is 2. The first-order chi connectivity index (χ1) is 7.07. The molecule has 2 aliphatic heterocycles.